The molecule has 0 spiro atoms. The Hall–Kier alpha value is -3.26. The maximum absolute atomic E-state index is 12.6. The predicted octanol–water partition coefficient (Wildman–Crippen LogP) is 7.19. The van der Waals surface area contributed by atoms with Gasteiger partial charge in [0.15, 0.2) is 5.70 Å². The summed E-state index contributed by atoms with van der Waals surface area (Å²) in [4.78, 5) is 30.2. The van der Waals surface area contributed by atoms with Crippen molar-refractivity contribution in [2.24, 2.45) is 4.99 Å². The lowest BCUT2D eigenvalue weighted by Crippen LogP contribution is -2.09. The van der Waals surface area contributed by atoms with E-state index in [4.69, 9.17) is 21.1 Å². The highest BCUT2D eigenvalue weighted by molar-refractivity contribution is 9.10. The molecule has 0 N–H and O–H groups in total. The zero-order valence-electron chi connectivity index (χ0n) is 17.7. The molecule has 0 atom stereocenters. The Bertz CT molecular complexity index is 1520. The van der Waals surface area contributed by atoms with Crippen molar-refractivity contribution in [3.8, 4) is 5.75 Å². The van der Waals surface area contributed by atoms with Gasteiger partial charge in [0.2, 0.25) is 5.90 Å². The van der Waals surface area contributed by atoms with Crippen molar-refractivity contribution in [3.63, 3.8) is 0 Å². The van der Waals surface area contributed by atoms with E-state index in [9.17, 15) is 9.59 Å². The Labute approximate surface area is 212 Å². The fourth-order valence-corrected chi connectivity index (χ4v) is 5.20. The van der Waals surface area contributed by atoms with E-state index in [1.165, 1.54) is 17.4 Å². The van der Waals surface area contributed by atoms with Gasteiger partial charge in [-0.25, -0.2) is 14.6 Å². The summed E-state index contributed by atoms with van der Waals surface area (Å²) < 4.78 is 12.8. The topological polar surface area (TPSA) is 65.0 Å². The standard InChI is InChI=1S/C26H15BrClNO4S/c1-14-6-8-15(9-7-14)25(30)32-20-11-10-17(27)12-16(20)13-19-26(31)33-24(29-19)23-22(28)18-4-2-3-5-21(18)34-23/h2-13H,1H3/b19-13+. The molecule has 0 amide bonds. The molecule has 0 unspecified atom stereocenters. The second-order valence-corrected chi connectivity index (χ2v) is 9.86. The smallest absolute Gasteiger partial charge is 0.363 e. The first-order valence-electron chi connectivity index (χ1n) is 10.2. The van der Waals surface area contributed by atoms with E-state index in [0.717, 1.165) is 20.1 Å². The first-order valence-corrected chi connectivity index (χ1v) is 12.2. The minimum atomic E-state index is -0.612. The summed E-state index contributed by atoms with van der Waals surface area (Å²) >= 11 is 11.3. The summed E-state index contributed by atoms with van der Waals surface area (Å²) in [6.45, 7) is 1.94. The number of carbonyl (C=O) groups excluding carboxylic acids is 2. The number of cyclic esters (lactones) is 1. The normalized spacial score (nSPS) is 14.4. The average molecular weight is 553 g/mol. The van der Waals surface area contributed by atoms with Crippen LogP contribution in [0.5, 0.6) is 5.75 Å². The third-order valence-electron chi connectivity index (χ3n) is 5.10. The molecule has 4 aromatic rings. The summed E-state index contributed by atoms with van der Waals surface area (Å²) in [7, 11) is 0. The van der Waals surface area contributed by atoms with Gasteiger partial charge >= 0.3 is 11.9 Å². The number of fused-ring (bicyclic) bond motifs is 1. The monoisotopic (exact) mass is 551 g/mol. The summed E-state index contributed by atoms with van der Waals surface area (Å²) in [5.74, 6) is -0.676. The number of hydrogen-bond donors (Lipinski definition) is 0. The molecule has 34 heavy (non-hydrogen) atoms. The number of aryl methyl sites for hydroxylation is 1. The van der Waals surface area contributed by atoms with Gasteiger partial charge in [0.1, 0.15) is 10.6 Å². The largest absolute Gasteiger partial charge is 0.422 e. The molecule has 168 valence electrons. The van der Waals surface area contributed by atoms with Gasteiger partial charge in [-0.15, -0.1) is 11.3 Å². The SMILES string of the molecule is Cc1ccc(C(=O)Oc2ccc(Br)cc2/C=C2/N=C(c3sc4ccccc4c3Cl)OC2=O)cc1. The van der Waals surface area contributed by atoms with E-state index in [1.807, 2.05) is 43.3 Å². The first-order chi connectivity index (χ1) is 16.4. The first kappa shape index (κ1) is 22.5. The lowest BCUT2D eigenvalue weighted by atomic mass is 10.1. The molecule has 0 fully saturated rings. The number of aliphatic imine (C=N–C) groups is 1. The van der Waals surface area contributed by atoms with Crippen molar-refractivity contribution in [1.29, 1.82) is 0 Å². The molecule has 0 saturated carbocycles. The maximum Gasteiger partial charge on any atom is 0.363 e. The molecular formula is C26H15BrClNO4S. The Morgan fingerprint density at radius 2 is 1.88 bits per heavy atom. The minimum Gasteiger partial charge on any atom is -0.422 e. The van der Waals surface area contributed by atoms with Crippen molar-refractivity contribution < 1.29 is 19.1 Å². The van der Waals surface area contributed by atoms with Gasteiger partial charge in [-0.05, 0) is 49.4 Å². The van der Waals surface area contributed by atoms with Crippen LogP contribution in [0, 0.1) is 6.92 Å². The minimum absolute atomic E-state index is 0.0780. The van der Waals surface area contributed by atoms with E-state index in [-0.39, 0.29) is 17.3 Å². The van der Waals surface area contributed by atoms with Crippen LogP contribution in [0.2, 0.25) is 5.02 Å². The van der Waals surface area contributed by atoms with Crippen LogP contribution in [0.1, 0.15) is 26.4 Å². The van der Waals surface area contributed by atoms with Crippen LogP contribution in [-0.2, 0) is 9.53 Å². The highest BCUT2D eigenvalue weighted by Gasteiger charge is 2.28. The number of hydrogen-bond acceptors (Lipinski definition) is 6. The fourth-order valence-electron chi connectivity index (χ4n) is 3.38. The highest BCUT2D eigenvalue weighted by atomic mass is 79.9. The van der Waals surface area contributed by atoms with Crippen LogP contribution in [-0.4, -0.2) is 17.8 Å². The Morgan fingerprint density at radius 1 is 1.12 bits per heavy atom. The van der Waals surface area contributed by atoms with Gasteiger partial charge in [-0.2, -0.15) is 0 Å². The van der Waals surface area contributed by atoms with Gasteiger partial charge in [-0.1, -0.05) is 63.4 Å². The predicted molar refractivity (Wildman–Crippen MR) is 138 cm³/mol. The quantitative estimate of drug-likeness (QED) is 0.153. The average Bonchev–Trinajstić information content (AvgIpc) is 3.35. The molecule has 3 aromatic carbocycles. The number of esters is 2. The second-order valence-electron chi connectivity index (χ2n) is 7.52. The third kappa shape index (κ3) is 4.42. The Kier molecular flexibility index (Phi) is 6.08. The molecule has 1 aromatic heterocycles. The van der Waals surface area contributed by atoms with Crippen LogP contribution in [0.15, 0.2) is 81.9 Å². The van der Waals surface area contributed by atoms with E-state index < -0.39 is 11.9 Å². The summed E-state index contributed by atoms with van der Waals surface area (Å²) in [6.07, 6.45) is 1.53. The number of carbonyl (C=O) groups is 2. The van der Waals surface area contributed by atoms with E-state index in [1.54, 1.807) is 30.3 Å². The van der Waals surface area contributed by atoms with Gasteiger partial charge < -0.3 is 9.47 Å². The molecule has 0 aliphatic carbocycles. The van der Waals surface area contributed by atoms with Crippen molar-refractivity contribution >= 4 is 72.9 Å². The van der Waals surface area contributed by atoms with Crippen molar-refractivity contribution in [1.82, 2.24) is 0 Å². The van der Waals surface area contributed by atoms with E-state index in [0.29, 0.717) is 21.0 Å². The number of rotatable bonds is 4. The molecule has 5 nitrogen and oxygen atoms in total. The zero-order valence-corrected chi connectivity index (χ0v) is 20.8. The number of thiophene rings is 1. The van der Waals surface area contributed by atoms with Crippen LogP contribution in [0.3, 0.4) is 0 Å². The van der Waals surface area contributed by atoms with Crippen LogP contribution >= 0.6 is 38.9 Å². The van der Waals surface area contributed by atoms with Gasteiger partial charge in [-0.3, -0.25) is 0 Å². The lowest BCUT2D eigenvalue weighted by molar-refractivity contribution is -0.129. The molecule has 5 rings (SSSR count). The molecule has 1 aliphatic rings. The molecule has 2 heterocycles. The maximum atomic E-state index is 12.6. The van der Waals surface area contributed by atoms with Crippen LogP contribution in [0.25, 0.3) is 16.2 Å². The van der Waals surface area contributed by atoms with Crippen molar-refractivity contribution in [2.75, 3.05) is 0 Å². The molecule has 0 radical (unpaired) electrons. The molecule has 1 aliphatic heterocycles. The van der Waals surface area contributed by atoms with Crippen molar-refractivity contribution in [2.45, 2.75) is 6.92 Å². The van der Waals surface area contributed by atoms with E-state index in [2.05, 4.69) is 20.9 Å². The van der Waals surface area contributed by atoms with Gasteiger partial charge in [0.05, 0.1) is 10.6 Å². The summed E-state index contributed by atoms with van der Waals surface area (Å²) in [5.41, 5.74) is 2.04. The van der Waals surface area contributed by atoms with Gasteiger partial charge in [0.25, 0.3) is 0 Å². The number of nitrogens with zero attached hydrogens (tertiary/aromatic N) is 1. The molecule has 0 saturated heterocycles. The second kappa shape index (κ2) is 9.18. The Balaban J connectivity index is 1.49. The molecular weight excluding hydrogens is 538 g/mol. The van der Waals surface area contributed by atoms with E-state index >= 15 is 0 Å². The number of halogens is 2. The number of benzene rings is 3. The lowest BCUT2D eigenvalue weighted by Gasteiger charge is -2.08. The zero-order chi connectivity index (χ0) is 23.8. The molecule has 0 bridgehead atoms. The Morgan fingerprint density at radius 3 is 2.65 bits per heavy atom. The van der Waals surface area contributed by atoms with Crippen molar-refractivity contribution in [3.05, 3.63) is 103 Å². The van der Waals surface area contributed by atoms with Gasteiger partial charge in [0, 0.05) is 20.1 Å². The molecule has 8 heteroatoms. The third-order valence-corrected chi connectivity index (χ3v) is 7.26. The fraction of sp³-hybridized carbons (Fsp3) is 0.0385. The highest BCUT2D eigenvalue weighted by Crippen LogP contribution is 2.37. The summed E-state index contributed by atoms with van der Waals surface area (Å²) in [6, 6.07) is 19.9. The van der Waals surface area contributed by atoms with Crippen LogP contribution in [0.4, 0.5) is 0 Å². The summed E-state index contributed by atoms with van der Waals surface area (Å²) in [5, 5.41) is 1.36. The number of ether oxygens (including phenoxy) is 2. The van der Waals surface area contributed by atoms with Crippen LogP contribution < -0.4 is 4.74 Å².